The van der Waals surface area contributed by atoms with E-state index < -0.39 is 10.8 Å². The van der Waals surface area contributed by atoms with Crippen molar-refractivity contribution in [1.82, 2.24) is 10.2 Å². The van der Waals surface area contributed by atoms with Gasteiger partial charge in [0.25, 0.3) is 17.5 Å². The number of nitrogens with one attached hydrogen (secondary N) is 2. The number of nitro benzene ring substituents is 1. The van der Waals surface area contributed by atoms with Crippen LogP contribution in [0.1, 0.15) is 34.6 Å². The first kappa shape index (κ1) is 30.3. The van der Waals surface area contributed by atoms with Crippen LogP contribution in [0.3, 0.4) is 0 Å². The Morgan fingerprint density at radius 1 is 0.905 bits per heavy atom. The fourth-order valence-corrected chi connectivity index (χ4v) is 5.05. The molecule has 1 fully saturated rings. The van der Waals surface area contributed by atoms with Gasteiger partial charge in [-0.05, 0) is 55.6 Å². The second-order valence-electron chi connectivity index (χ2n) is 9.92. The Morgan fingerprint density at radius 2 is 1.55 bits per heavy atom. The van der Waals surface area contributed by atoms with Crippen LogP contribution in [-0.4, -0.2) is 81.1 Å². The van der Waals surface area contributed by atoms with Gasteiger partial charge in [-0.3, -0.25) is 19.7 Å². The summed E-state index contributed by atoms with van der Waals surface area (Å²) in [6.07, 6.45) is 0. The van der Waals surface area contributed by atoms with Gasteiger partial charge in [0.15, 0.2) is 0 Å². The van der Waals surface area contributed by atoms with Crippen LogP contribution in [-0.2, 0) is 0 Å². The molecule has 1 aliphatic heterocycles. The predicted octanol–water partition coefficient (Wildman–Crippen LogP) is 4.25. The summed E-state index contributed by atoms with van der Waals surface area (Å²) in [4.78, 5) is 43.5. The smallest absolute Gasteiger partial charge is 0.269 e. The summed E-state index contributed by atoms with van der Waals surface area (Å²) in [6.45, 7) is 10.1. The average Bonchev–Trinajstić information content (AvgIpc) is 3.03. The van der Waals surface area contributed by atoms with Crippen molar-refractivity contribution in [1.29, 1.82) is 0 Å². The minimum Gasteiger partial charge on any atom is -0.495 e. The van der Waals surface area contributed by atoms with E-state index in [1.807, 2.05) is 30.3 Å². The Hall–Kier alpha value is -4.64. The van der Waals surface area contributed by atoms with Crippen molar-refractivity contribution in [2.45, 2.75) is 13.8 Å². The topological polar surface area (TPSA) is 120 Å². The second kappa shape index (κ2) is 14.3. The number of hydrogen-bond donors (Lipinski definition) is 2. The van der Waals surface area contributed by atoms with E-state index in [4.69, 9.17) is 4.74 Å². The van der Waals surface area contributed by atoms with Gasteiger partial charge in [-0.25, -0.2) is 0 Å². The zero-order valence-corrected chi connectivity index (χ0v) is 24.3. The molecular formula is C31H38N6O5. The highest BCUT2D eigenvalue weighted by Crippen LogP contribution is 2.31. The van der Waals surface area contributed by atoms with E-state index in [0.717, 1.165) is 49.8 Å². The van der Waals surface area contributed by atoms with Crippen molar-refractivity contribution in [2.75, 3.05) is 74.6 Å². The molecular weight excluding hydrogens is 536 g/mol. The van der Waals surface area contributed by atoms with Gasteiger partial charge in [0.1, 0.15) is 5.75 Å². The number of non-ortho nitro benzene ring substituents is 1. The maximum atomic E-state index is 13.5. The Kier molecular flexibility index (Phi) is 10.3. The molecule has 0 radical (unpaired) electrons. The highest BCUT2D eigenvalue weighted by atomic mass is 16.6. The average molecular weight is 575 g/mol. The molecule has 42 heavy (non-hydrogen) atoms. The molecule has 0 spiro atoms. The quantitative estimate of drug-likeness (QED) is 0.243. The number of hydrogen-bond acceptors (Lipinski definition) is 8. The maximum absolute atomic E-state index is 13.5. The lowest BCUT2D eigenvalue weighted by Crippen LogP contribution is -2.47. The summed E-state index contributed by atoms with van der Waals surface area (Å²) in [5, 5.41) is 16.8. The number of ether oxygens (including phenoxy) is 1. The fourth-order valence-electron chi connectivity index (χ4n) is 5.05. The zero-order chi connectivity index (χ0) is 30.1. The van der Waals surface area contributed by atoms with Crippen LogP contribution in [0.15, 0.2) is 66.7 Å². The van der Waals surface area contributed by atoms with E-state index >= 15 is 0 Å². The molecule has 0 atom stereocenters. The summed E-state index contributed by atoms with van der Waals surface area (Å²) in [5.41, 5.74) is 2.96. The lowest BCUT2D eigenvalue weighted by atomic mass is 10.1. The molecule has 0 saturated carbocycles. The van der Waals surface area contributed by atoms with Crippen molar-refractivity contribution in [3.63, 3.8) is 0 Å². The summed E-state index contributed by atoms with van der Waals surface area (Å²) in [7, 11) is 1.67. The van der Waals surface area contributed by atoms with E-state index in [-0.39, 0.29) is 17.2 Å². The van der Waals surface area contributed by atoms with Crippen molar-refractivity contribution >= 4 is 34.6 Å². The molecule has 3 aromatic carbocycles. The number of rotatable bonds is 12. The van der Waals surface area contributed by atoms with Crippen LogP contribution in [0.2, 0.25) is 0 Å². The highest BCUT2D eigenvalue weighted by molar-refractivity contribution is 6.06. The molecule has 222 valence electrons. The highest BCUT2D eigenvalue weighted by Gasteiger charge is 2.24. The predicted molar refractivity (Wildman–Crippen MR) is 165 cm³/mol. The number of amides is 2. The summed E-state index contributed by atoms with van der Waals surface area (Å²) in [5.74, 6) is 0.194. The number of benzene rings is 3. The Bertz CT molecular complexity index is 1380. The standard InChI is InChI=1S/C31H38N6O5/c1-4-34(5-2)17-16-32-31(39)26-22-24(33-30(38)23-10-13-25(14-11-23)37(40)41)12-15-27(26)35-18-20-36(21-19-35)28-8-6-7-9-29(28)42-3/h6-15,22H,4-5,16-21H2,1-3H3,(H,32,39)(H,33,38). The Labute approximate surface area is 246 Å². The summed E-state index contributed by atoms with van der Waals surface area (Å²) < 4.78 is 5.55. The van der Waals surface area contributed by atoms with Crippen LogP contribution in [0, 0.1) is 10.1 Å². The van der Waals surface area contributed by atoms with E-state index in [1.54, 1.807) is 19.2 Å². The van der Waals surface area contributed by atoms with Crippen molar-refractivity contribution in [2.24, 2.45) is 0 Å². The Balaban J connectivity index is 1.53. The number of carbonyl (C=O) groups excluding carboxylic acids is 2. The van der Waals surface area contributed by atoms with E-state index in [1.165, 1.54) is 24.3 Å². The third-order valence-electron chi connectivity index (χ3n) is 7.49. The largest absolute Gasteiger partial charge is 0.495 e. The fraction of sp³-hybridized carbons (Fsp3) is 0.355. The molecule has 2 amide bonds. The van der Waals surface area contributed by atoms with Crippen LogP contribution < -0.4 is 25.2 Å². The number of piperazine rings is 1. The molecule has 4 rings (SSSR count). The monoisotopic (exact) mass is 574 g/mol. The van der Waals surface area contributed by atoms with Gasteiger partial charge in [-0.1, -0.05) is 26.0 Å². The number of carbonyl (C=O) groups is 2. The summed E-state index contributed by atoms with van der Waals surface area (Å²) in [6, 6.07) is 18.7. The van der Waals surface area contributed by atoms with Gasteiger partial charge in [0, 0.05) is 68.3 Å². The van der Waals surface area contributed by atoms with E-state index in [9.17, 15) is 19.7 Å². The first-order valence-corrected chi connectivity index (χ1v) is 14.2. The molecule has 11 nitrogen and oxygen atoms in total. The molecule has 1 heterocycles. The van der Waals surface area contributed by atoms with E-state index in [0.29, 0.717) is 30.9 Å². The van der Waals surface area contributed by atoms with Crippen molar-refractivity contribution < 1.29 is 19.2 Å². The van der Waals surface area contributed by atoms with Gasteiger partial charge in [0.05, 0.1) is 23.3 Å². The first-order valence-electron chi connectivity index (χ1n) is 14.2. The lowest BCUT2D eigenvalue weighted by molar-refractivity contribution is -0.384. The van der Waals surface area contributed by atoms with Crippen molar-refractivity contribution in [3.8, 4) is 5.75 Å². The normalized spacial score (nSPS) is 13.1. The van der Waals surface area contributed by atoms with E-state index in [2.05, 4.69) is 39.2 Å². The van der Waals surface area contributed by atoms with Gasteiger partial charge >= 0.3 is 0 Å². The molecule has 1 saturated heterocycles. The molecule has 0 aromatic heterocycles. The zero-order valence-electron chi connectivity index (χ0n) is 24.3. The van der Waals surface area contributed by atoms with Gasteiger partial charge in [-0.2, -0.15) is 0 Å². The number of likely N-dealkylation sites (N-methyl/N-ethyl adjacent to an activating group) is 1. The molecule has 0 unspecified atom stereocenters. The molecule has 11 heteroatoms. The number of nitro groups is 1. The first-order chi connectivity index (χ1) is 20.3. The lowest BCUT2D eigenvalue weighted by Gasteiger charge is -2.38. The third kappa shape index (κ3) is 7.35. The molecule has 0 bridgehead atoms. The van der Waals surface area contributed by atoms with Crippen molar-refractivity contribution in [3.05, 3.63) is 88.0 Å². The second-order valence-corrected chi connectivity index (χ2v) is 9.92. The van der Waals surface area contributed by atoms with Crippen LogP contribution >= 0.6 is 0 Å². The van der Waals surface area contributed by atoms with Crippen LogP contribution in [0.25, 0.3) is 0 Å². The van der Waals surface area contributed by atoms with Gasteiger partial charge in [-0.15, -0.1) is 0 Å². The maximum Gasteiger partial charge on any atom is 0.269 e. The molecule has 0 aliphatic carbocycles. The minimum absolute atomic E-state index is 0.0922. The van der Waals surface area contributed by atoms with Gasteiger partial charge in [0.2, 0.25) is 0 Å². The molecule has 1 aliphatic rings. The summed E-state index contributed by atoms with van der Waals surface area (Å²) >= 11 is 0. The molecule has 2 N–H and O–H groups in total. The van der Waals surface area contributed by atoms with Gasteiger partial charge < -0.3 is 30.1 Å². The van der Waals surface area contributed by atoms with Crippen LogP contribution in [0.4, 0.5) is 22.7 Å². The number of para-hydroxylation sites is 2. The third-order valence-corrected chi connectivity index (χ3v) is 7.49. The number of anilines is 3. The van der Waals surface area contributed by atoms with Crippen LogP contribution in [0.5, 0.6) is 5.75 Å². The SMILES string of the molecule is CCN(CC)CCNC(=O)c1cc(NC(=O)c2ccc([N+](=O)[O-])cc2)ccc1N1CCN(c2ccccc2OC)CC1. The Morgan fingerprint density at radius 3 is 2.17 bits per heavy atom. The molecule has 3 aromatic rings. The number of methoxy groups -OCH3 is 1. The minimum atomic E-state index is -0.512. The number of nitrogens with zero attached hydrogens (tertiary/aromatic N) is 4.